The molecule has 1 aromatic carbocycles. The van der Waals surface area contributed by atoms with Crippen LogP contribution in [0.25, 0.3) is 0 Å². The molecule has 1 unspecified atom stereocenters. The molecule has 3 nitrogen and oxygen atoms in total. The maximum Gasteiger partial charge on any atom is 0.128 e. The summed E-state index contributed by atoms with van der Waals surface area (Å²) in [7, 11) is 0. The lowest BCUT2D eigenvalue weighted by Crippen LogP contribution is -2.11. The second-order valence-corrected chi connectivity index (χ2v) is 4.68. The van der Waals surface area contributed by atoms with E-state index < -0.39 is 6.10 Å². The van der Waals surface area contributed by atoms with Crippen molar-refractivity contribution < 1.29 is 19.0 Å². The monoisotopic (exact) mass is 256 g/mol. The van der Waals surface area contributed by atoms with E-state index in [0.29, 0.717) is 37.1 Å². The summed E-state index contributed by atoms with van der Waals surface area (Å²) < 4.78 is 23.9. The van der Waals surface area contributed by atoms with Crippen LogP contribution < -0.4 is 4.74 Å². The van der Waals surface area contributed by atoms with Crippen LogP contribution >= 0.6 is 0 Å². The molecule has 0 aliphatic heterocycles. The van der Waals surface area contributed by atoms with Crippen molar-refractivity contribution in [3.8, 4) is 5.75 Å². The van der Waals surface area contributed by atoms with E-state index >= 15 is 0 Å². The van der Waals surface area contributed by atoms with E-state index in [1.54, 1.807) is 6.92 Å². The van der Waals surface area contributed by atoms with Gasteiger partial charge in [-0.25, -0.2) is 4.39 Å². The van der Waals surface area contributed by atoms with Gasteiger partial charge < -0.3 is 14.6 Å². The number of ether oxygens (including phenoxy) is 2. The number of halogens is 1. The van der Waals surface area contributed by atoms with Crippen LogP contribution in [0.1, 0.15) is 32.4 Å². The van der Waals surface area contributed by atoms with E-state index in [1.165, 1.54) is 18.2 Å². The number of aliphatic hydroxyl groups is 1. The first kappa shape index (κ1) is 14.9. The molecule has 0 fully saturated rings. The Bertz CT molecular complexity index is 364. The molecule has 1 rings (SSSR count). The van der Waals surface area contributed by atoms with Crippen molar-refractivity contribution in [1.29, 1.82) is 0 Å². The summed E-state index contributed by atoms with van der Waals surface area (Å²) in [6, 6.07) is 4.12. The van der Waals surface area contributed by atoms with Crippen LogP contribution in [0.5, 0.6) is 5.75 Å². The Labute approximate surface area is 108 Å². The lowest BCUT2D eigenvalue weighted by atomic mass is 10.1. The number of benzene rings is 1. The summed E-state index contributed by atoms with van der Waals surface area (Å²) in [6.07, 6.45) is -0.683. The van der Waals surface area contributed by atoms with Gasteiger partial charge in [0.05, 0.1) is 12.7 Å². The van der Waals surface area contributed by atoms with Crippen molar-refractivity contribution >= 4 is 0 Å². The summed E-state index contributed by atoms with van der Waals surface area (Å²) in [5.41, 5.74) is 0.584. The molecular formula is C14H21FO3. The molecule has 1 aromatic rings. The molecule has 0 heterocycles. The van der Waals surface area contributed by atoms with Crippen molar-refractivity contribution in [3.05, 3.63) is 29.6 Å². The normalized spacial score (nSPS) is 12.8. The molecular weight excluding hydrogens is 235 g/mol. The highest BCUT2D eigenvalue weighted by atomic mass is 19.1. The predicted molar refractivity (Wildman–Crippen MR) is 68.2 cm³/mol. The van der Waals surface area contributed by atoms with Crippen LogP contribution in [0.4, 0.5) is 4.39 Å². The van der Waals surface area contributed by atoms with Crippen molar-refractivity contribution in [2.75, 3.05) is 19.8 Å². The highest BCUT2D eigenvalue weighted by molar-refractivity contribution is 5.35. The first-order chi connectivity index (χ1) is 8.50. The second-order valence-electron chi connectivity index (χ2n) is 4.68. The molecule has 0 aliphatic carbocycles. The summed E-state index contributed by atoms with van der Waals surface area (Å²) in [6.45, 7) is 7.23. The Morgan fingerprint density at radius 1 is 1.22 bits per heavy atom. The Balaban J connectivity index is 2.48. The Morgan fingerprint density at radius 3 is 2.56 bits per heavy atom. The zero-order valence-corrected chi connectivity index (χ0v) is 11.1. The van der Waals surface area contributed by atoms with E-state index in [0.717, 1.165) is 0 Å². The average Bonchev–Trinajstić information content (AvgIpc) is 2.27. The Kier molecular flexibility index (Phi) is 6.09. The summed E-state index contributed by atoms with van der Waals surface area (Å²) in [5, 5.41) is 9.54. The first-order valence-electron chi connectivity index (χ1n) is 6.18. The van der Waals surface area contributed by atoms with E-state index in [-0.39, 0.29) is 5.82 Å². The van der Waals surface area contributed by atoms with E-state index in [4.69, 9.17) is 9.47 Å². The number of aliphatic hydroxyl groups excluding tert-OH is 1. The minimum atomic E-state index is -0.683. The van der Waals surface area contributed by atoms with E-state index in [2.05, 4.69) is 13.8 Å². The lowest BCUT2D eigenvalue weighted by molar-refractivity contribution is 0.0804. The molecule has 0 radical (unpaired) electrons. The van der Waals surface area contributed by atoms with Gasteiger partial charge >= 0.3 is 0 Å². The van der Waals surface area contributed by atoms with Gasteiger partial charge in [0, 0.05) is 18.2 Å². The maximum absolute atomic E-state index is 13.1. The molecule has 0 amide bonds. The molecule has 0 bridgehead atoms. The largest absolute Gasteiger partial charge is 0.491 e. The van der Waals surface area contributed by atoms with Crippen molar-refractivity contribution in [1.82, 2.24) is 0 Å². The predicted octanol–water partition coefficient (Wildman–Crippen LogP) is 2.93. The van der Waals surface area contributed by atoms with Crippen molar-refractivity contribution in [3.63, 3.8) is 0 Å². The SMILES string of the molecule is CC(C)COCCOc1cc(F)ccc1C(C)O. The molecule has 0 spiro atoms. The van der Waals surface area contributed by atoms with Crippen LogP contribution in [0.3, 0.4) is 0 Å². The third-order valence-corrected chi connectivity index (χ3v) is 2.36. The fourth-order valence-corrected chi connectivity index (χ4v) is 1.51. The molecule has 0 aromatic heterocycles. The van der Waals surface area contributed by atoms with Crippen LogP contribution in [0, 0.1) is 11.7 Å². The fourth-order valence-electron chi connectivity index (χ4n) is 1.51. The van der Waals surface area contributed by atoms with Gasteiger partial charge in [0.15, 0.2) is 0 Å². The standard InChI is InChI=1S/C14H21FO3/c1-10(2)9-17-6-7-18-14-8-12(15)4-5-13(14)11(3)16/h4-5,8,10-11,16H,6-7,9H2,1-3H3. The van der Waals surface area contributed by atoms with Gasteiger partial charge in [-0.1, -0.05) is 13.8 Å². The lowest BCUT2D eigenvalue weighted by Gasteiger charge is -2.14. The molecule has 102 valence electrons. The molecule has 4 heteroatoms. The molecule has 1 N–H and O–H groups in total. The smallest absolute Gasteiger partial charge is 0.128 e. The van der Waals surface area contributed by atoms with Crippen LogP contribution in [0.15, 0.2) is 18.2 Å². The minimum Gasteiger partial charge on any atom is -0.491 e. The second kappa shape index (κ2) is 7.34. The topological polar surface area (TPSA) is 38.7 Å². The van der Waals surface area contributed by atoms with E-state index in [9.17, 15) is 9.50 Å². The Morgan fingerprint density at radius 2 is 1.94 bits per heavy atom. The van der Waals surface area contributed by atoms with Crippen molar-refractivity contribution in [2.24, 2.45) is 5.92 Å². The summed E-state index contributed by atoms with van der Waals surface area (Å²) in [5.74, 6) is 0.475. The molecule has 0 saturated heterocycles. The average molecular weight is 256 g/mol. The fraction of sp³-hybridized carbons (Fsp3) is 0.571. The van der Waals surface area contributed by atoms with Gasteiger partial charge in [0.25, 0.3) is 0 Å². The molecule has 0 saturated carbocycles. The first-order valence-corrected chi connectivity index (χ1v) is 6.18. The quantitative estimate of drug-likeness (QED) is 0.762. The van der Waals surface area contributed by atoms with Gasteiger partial charge in [-0.2, -0.15) is 0 Å². The van der Waals surface area contributed by atoms with Gasteiger partial charge in [0.2, 0.25) is 0 Å². The summed E-state index contributed by atoms with van der Waals surface area (Å²) >= 11 is 0. The number of hydrogen-bond donors (Lipinski definition) is 1. The van der Waals surface area contributed by atoms with Crippen LogP contribution in [-0.2, 0) is 4.74 Å². The van der Waals surface area contributed by atoms with Crippen LogP contribution in [-0.4, -0.2) is 24.9 Å². The molecule has 18 heavy (non-hydrogen) atoms. The molecule has 0 aliphatic rings. The third-order valence-electron chi connectivity index (χ3n) is 2.36. The summed E-state index contributed by atoms with van der Waals surface area (Å²) in [4.78, 5) is 0. The van der Waals surface area contributed by atoms with Gasteiger partial charge in [-0.15, -0.1) is 0 Å². The number of rotatable bonds is 7. The number of hydrogen-bond acceptors (Lipinski definition) is 3. The van der Waals surface area contributed by atoms with Crippen molar-refractivity contribution in [2.45, 2.75) is 26.9 Å². The zero-order valence-electron chi connectivity index (χ0n) is 11.1. The van der Waals surface area contributed by atoms with Gasteiger partial charge in [-0.3, -0.25) is 0 Å². The maximum atomic E-state index is 13.1. The van der Waals surface area contributed by atoms with Gasteiger partial charge in [0.1, 0.15) is 18.2 Å². The molecule has 1 atom stereocenters. The van der Waals surface area contributed by atoms with Gasteiger partial charge in [-0.05, 0) is 25.0 Å². The van der Waals surface area contributed by atoms with Crippen LogP contribution in [0.2, 0.25) is 0 Å². The minimum absolute atomic E-state index is 0.343. The third kappa shape index (κ3) is 5.02. The Hall–Kier alpha value is -1.13. The highest BCUT2D eigenvalue weighted by Gasteiger charge is 2.10. The highest BCUT2D eigenvalue weighted by Crippen LogP contribution is 2.25. The van der Waals surface area contributed by atoms with E-state index in [1.807, 2.05) is 0 Å². The zero-order chi connectivity index (χ0) is 13.5.